The molecule has 2 N–H and O–H groups in total. The Morgan fingerprint density at radius 2 is 1.85 bits per heavy atom. The molecule has 0 aliphatic carbocycles. The summed E-state index contributed by atoms with van der Waals surface area (Å²) < 4.78 is 41.8. The largest absolute Gasteiger partial charge is 0.478 e. The number of hydrogen-bond acceptors (Lipinski definition) is 5. The molecule has 2 aromatic heterocycles. The number of alkyl halides is 3. The second-order valence-corrected chi connectivity index (χ2v) is 8.09. The third-order valence-electron chi connectivity index (χ3n) is 5.78. The van der Waals surface area contributed by atoms with E-state index >= 15 is 0 Å². The van der Waals surface area contributed by atoms with Gasteiger partial charge in [-0.3, -0.25) is 9.20 Å². The van der Waals surface area contributed by atoms with Crippen molar-refractivity contribution in [1.82, 2.24) is 9.38 Å². The Morgan fingerprint density at radius 1 is 1.15 bits per heavy atom. The molecule has 3 aromatic rings. The number of anilines is 2. The van der Waals surface area contributed by atoms with Gasteiger partial charge in [0.2, 0.25) is 0 Å². The number of piperidine rings is 1. The SMILES string of the molecule is CC(Nc1ccccc1C(=O)O)c1cc(C(F)(F)F)cn2c(=O)cc(N3CCCCC3)nc12. The predicted octanol–water partition coefficient (Wildman–Crippen LogP) is 4.57. The molecule has 1 aliphatic rings. The molecule has 3 heterocycles. The number of hydrogen-bond donors (Lipinski definition) is 2. The number of carboxylic acids is 1. The maximum atomic E-state index is 13.6. The summed E-state index contributed by atoms with van der Waals surface area (Å²) >= 11 is 0. The van der Waals surface area contributed by atoms with Crippen molar-refractivity contribution in [2.24, 2.45) is 0 Å². The Bertz CT molecular complexity index is 1250. The van der Waals surface area contributed by atoms with Crippen molar-refractivity contribution in [3.05, 3.63) is 69.6 Å². The number of nitrogens with zero attached hydrogens (tertiary/aromatic N) is 3. The summed E-state index contributed by atoms with van der Waals surface area (Å²) in [5.74, 6) is -0.736. The van der Waals surface area contributed by atoms with E-state index in [0.717, 1.165) is 49.0 Å². The molecule has 174 valence electrons. The average molecular weight is 460 g/mol. The minimum Gasteiger partial charge on any atom is -0.478 e. The van der Waals surface area contributed by atoms with Crippen LogP contribution in [0.4, 0.5) is 24.7 Å². The van der Waals surface area contributed by atoms with E-state index in [9.17, 15) is 27.9 Å². The van der Waals surface area contributed by atoms with Crippen LogP contribution < -0.4 is 15.8 Å². The molecule has 7 nitrogen and oxygen atoms in total. The lowest BCUT2D eigenvalue weighted by Gasteiger charge is -2.28. The Kier molecular flexibility index (Phi) is 6.01. The number of aromatic carboxylic acids is 1. The first-order chi connectivity index (χ1) is 15.6. The molecule has 0 radical (unpaired) electrons. The lowest BCUT2D eigenvalue weighted by molar-refractivity contribution is -0.137. The second kappa shape index (κ2) is 8.76. The van der Waals surface area contributed by atoms with Crippen LogP contribution in [0, 0.1) is 0 Å². The van der Waals surface area contributed by atoms with E-state index in [2.05, 4.69) is 10.3 Å². The van der Waals surface area contributed by atoms with Gasteiger partial charge in [-0.25, -0.2) is 9.78 Å². The summed E-state index contributed by atoms with van der Waals surface area (Å²) in [5.41, 5.74) is -1.11. The van der Waals surface area contributed by atoms with E-state index < -0.39 is 29.3 Å². The van der Waals surface area contributed by atoms with Crippen LogP contribution in [-0.2, 0) is 6.18 Å². The van der Waals surface area contributed by atoms with Crippen LogP contribution in [0.25, 0.3) is 5.65 Å². The third kappa shape index (κ3) is 4.64. The van der Waals surface area contributed by atoms with Crippen LogP contribution in [0.5, 0.6) is 0 Å². The summed E-state index contributed by atoms with van der Waals surface area (Å²) in [7, 11) is 0. The molecule has 1 unspecified atom stereocenters. The highest BCUT2D eigenvalue weighted by atomic mass is 19.4. The molecular weight excluding hydrogens is 437 g/mol. The number of carboxylic acid groups (broad SMARTS) is 1. The summed E-state index contributed by atoms with van der Waals surface area (Å²) in [5, 5.41) is 12.4. The molecule has 0 saturated carbocycles. The number of rotatable bonds is 5. The zero-order valence-electron chi connectivity index (χ0n) is 17.9. The first-order valence-electron chi connectivity index (χ1n) is 10.6. The molecule has 1 aliphatic heterocycles. The van der Waals surface area contributed by atoms with Gasteiger partial charge < -0.3 is 15.3 Å². The fraction of sp³-hybridized carbons (Fsp3) is 0.348. The first-order valence-corrected chi connectivity index (χ1v) is 10.6. The van der Waals surface area contributed by atoms with Crippen LogP contribution in [0.15, 0.2) is 47.4 Å². The number of pyridine rings is 1. The number of aromatic nitrogens is 2. The number of halogens is 3. The molecule has 0 amide bonds. The Balaban J connectivity index is 1.86. The van der Waals surface area contributed by atoms with Crippen molar-refractivity contribution in [2.75, 3.05) is 23.3 Å². The van der Waals surface area contributed by atoms with Crippen LogP contribution in [-0.4, -0.2) is 33.6 Å². The fourth-order valence-electron chi connectivity index (χ4n) is 4.08. The smallest absolute Gasteiger partial charge is 0.417 e. The van der Waals surface area contributed by atoms with Crippen LogP contribution in [0.1, 0.15) is 53.7 Å². The quantitative estimate of drug-likeness (QED) is 0.580. The highest BCUT2D eigenvalue weighted by molar-refractivity contribution is 5.94. The number of nitrogens with one attached hydrogen (secondary N) is 1. The van der Waals surface area contributed by atoms with Gasteiger partial charge in [0.05, 0.1) is 17.2 Å². The zero-order chi connectivity index (χ0) is 23.8. The summed E-state index contributed by atoms with van der Waals surface area (Å²) in [6.07, 6.45) is -0.943. The van der Waals surface area contributed by atoms with E-state index in [-0.39, 0.29) is 22.5 Å². The fourth-order valence-corrected chi connectivity index (χ4v) is 4.08. The first kappa shape index (κ1) is 22.6. The Labute approximate surface area is 187 Å². The summed E-state index contributed by atoms with van der Waals surface area (Å²) in [6, 6.07) is 7.58. The number of carbonyl (C=O) groups is 1. The van der Waals surface area contributed by atoms with Crippen LogP contribution in [0.2, 0.25) is 0 Å². The van der Waals surface area contributed by atoms with Gasteiger partial charge in [-0.1, -0.05) is 12.1 Å². The molecule has 1 fully saturated rings. The summed E-state index contributed by atoms with van der Waals surface area (Å²) in [4.78, 5) is 30.9. The van der Waals surface area contributed by atoms with Crippen molar-refractivity contribution >= 4 is 23.1 Å². The van der Waals surface area contributed by atoms with Gasteiger partial charge >= 0.3 is 12.1 Å². The predicted molar refractivity (Wildman–Crippen MR) is 118 cm³/mol. The average Bonchev–Trinajstić information content (AvgIpc) is 2.78. The maximum absolute atomic E-state index is 13.6. The molecule has 1 atom stereocenters. The topological polar surface area (TPSA) is 86.9 Å². The Morgan fingerprint density at radius 3 is 2.52 bits per heavy atom. The van der Waals surface area contributed by atoms with Crippen LogP contribution >= 0.6 is 0 Å². The molecule has 4 rings (SSSR count). The lowest BCUT2D eigenvalue weighted by Crippen LogP contribution is -2.32. The van der Waals surface area contributed by atoms with Gasteiger partial charge in [0, 0.05) is 36.6 Å². The Hall–Kier alpha value is -3.56. The van der Waals surface area contributed by atoms with Crippen molar-refractivity contribution in [1.29, 1.82) is 0 Å². The van der Waals surface area contributed by atoms with Gasteiger partial charge in [-0.2, -0.15) is 13.2 Å². The minimum absolute atomic E-state index is 0.0141. The molecule has 0 spiro atoms. The molecule has 1 saturated heterocycles. The van der Waals surface area contributed by atoms with Gasteiger partial charge in [-0.05, 0) is 44.4 Å². The monoisotopic (exact) mass is 460 g/mol. The molecule has 33 heavy (non-hydrogen) atoms. The normalized spacial score (nSPS) is 15.5. The zero-order valence-corrected chi connectivity index (χ0v) is 17.9. The second-order valence-electron chi connectivity index (χ2n) is 8.09. The van der Waals surface area contributed by atoms with E-state index in [1.54, 1.807) is 19.1 Å². The molecular formula is C23H23F3N4O3. The van der Waals surface area contributed by atoms with Crippen molar-refractivity contribution in [3.63, 3.8) is 0 Å². The molecule has 10 heteroatoms. The number of benzene rings is 1. The molecule has 0 bridgehead atoms. The van der Waals surface area contributed by atoms with Gasteiger partial charge in [-0.15, -0.1) is 0 Å². The minimum atomic E-state index is -4.67. The summed E-state index contributed by atoms with van der Waals surface area (Å²) in [6.45, 7) is 3.05. The van der Waals surface area contributed by atoms with Gasteiger partial charge in [0.25, 0.3) is 5.56 Å². The maximum Gasteiger partial charge on any atom is 0.417 e. The number of para-hydroxylation sites is 1. The highest BCUT2D eigenvalue weighted by Crippen LogP contribution is 2.33. The lowest BCUT2D eigenvalue weighted by atomic mass is 10.1. The van der Waals surface area contributed by atoms with Crippen molar-refractivity contribution in [3.8, 4) is 0 Å². The van der Waals surface area contributed by atoms with Gasteiger partial charge in [0.1, 0.15) is 11.5 Å². The van der Waals surface area contributed by atoms with E-state index in [1.165, 1.54) is 18.2 Å². The highest BCUT2D eigenvalue weighted by Gasteiger charge is 2.33. The van der Waals surface area contributed by atoms with E-state index in [1.807, 2.05) is 4.90 Å². The molecule has 1 aromatic carbocycles. The van der Waals surface area contributed by atoms with Crippen LogP contribution in [0.3, 0.4) is 0 Å². The standard InChI is InChI=1S/C23H23F3N4O3/c1-14(27-18-8-4-3-7-16(18)22(32)33)17-11-15(23(24,25)26)13-30-20(31)12-19(28-21(17)30)29-9-5-2-6-10-29/h3-4,7-8,11-14,27H,2,5-6,9-10H2,1H3,(H,32,33). The third-order valence-corrected chi connectivity index (χ3v) is 5.78. The number of fused-ring (bicyclic) bond motifs is 1. The van der Waals surface area contributed by atoms with Crippen molar-refractivity contribution in [2.45, 2.75) is 38.4 Å². The van der Waals surface area contributed by atoms with E-state index in [0.29, 0.717) is 5.82 Å². The van der Waals surface area contributed by atoms with E-state index in [4.69, 9.17) is 0 Å². The van der Waals surface area contributed by atoms with Gasteiger partial charge in [0.15, 0.2) is 0 Å². The van der Waals surface area contributed by atoms with Crippen molar-refractivity contribution < 1.29 is 23.1 Å².